The molecule has 0 spiro atoms. The molecular weight excluding hydrogens is 333 g/mol. The monoisotopic (exact) mass is 347 g/mol. The van der Waals surface area contributed by atoms with E-state index in [4.69, 9.17) is 0 Å². The number of anilines is 1. The number of benzene rings is 2. The molecule has 0 bridgehead atoms. The number of amides is 1. The molecule has 2 aromatic heterocycles. The Labute approximate surface area is 148 Å². The maximum absolute atomic E-state index is 13.7. The first-order valence-corrected chi connectivity index (χ1v) is 7.97. The second-order valence-corrected chi connectivity index (χ2v) is 5.73. The number of carbonyl (C=O) groups excluding carboxylic acids is 1. The van der Waals surface area contributed by atoms with Gasteiger partial charge in [-0.3, -0.25) is 4.79 Å². The van der Waals surface area contributed by atoms with Crippen LogP contribution in [0.1, 0.15) is 16.3 Å². The first kappa shape index (κ1) is 15.9. The van der Waals surface area contributed by atoms with Crippen molar-refractivity contribution >= 4 is 17.4 Å². The summed E-state index contributed by atoms with van der Waals surface area (Å²) in [4.78, 5) is 21.0. The van der Waals surface area contributed by atoms with E-state index in [0.29, 0.717) is 5.78 Å². The van der Waals surface area contributed by atoms with Crippen LogP contribution in [0.2, 0.25) is 0 Å². The zero-order valence-corrected chi connectivity index (χ0v) is 13.8. The van der Waals surface area contributed by atoms with Crippen LogP contribution in [0.3, 0.4) is 0 Å². The van der Waals surface area contributed by atoms with Crippen LogP contribution in [0.25, 0.3) is 17.0 Å². The van der Waals surface area contributed by atoms with Gasteiger partial charge in [-0.15, -0.1) is 5.10 Å². The lowest BCUT2D eigenvalue weighted by Crippen LogP contribution is -2.15. The number of hydrogen-bond acceptors (Lipinski definition) is 4. The fourth-order valence-electron chi connectivity index (χ4n) is 2.61. The minimum absolute atomic E-state index is 0.0749. The molecule has 0 radical (unpaired) electrons. The summed E-state index contributed by atoms with van der Waals surface area (Å²) >= 11 is 0. The highest BCUT2D eigenvalue weighted by molar-refractivity contribution is 6.01. The predicted octanol–water partition coefficient (Wildman–Crippen LogP) is 3.49. The summed E-state index contributed by atoms with van der Waals surface area (Å²) in [5.41, 5.74) is 2.54. The van der Waals surface area contributed by atoms with Crippen molar-refractivity contribution in [1.29, 1.82) is 0 Å². The lowest BCUT2D eigenvalue weighted by molar-refractivity contribution is 0.101. The summed E-state index contributed by atoms with van der Waals surface area (Å²) in [7, 11) is 0. The molecule has 7 heteroatoms. The van der Waals surface area contributed by atoms with Crippen molar-refractivity contribution < 1.29 is 9.18 Å². The molecule has 1 N–H and O–H groups in total. The van der Waals surface area contributed by atoms with Crippen LogP contribution in [0.5, 0.6) is 0 Å². The number of carbonyl (C=O) groups is 1. The van der Waals surface area contributed by atoms with Gasteiger partial charge in [0.1, 0.15) is 5.82 Å². The van der Waals surface area contributed by atoms with E-state index in [2.05, 4.69) is 20.4 Å². The fraction of sp³-hybridized carbons (Fsp3) is 0.0526. The quantitative estimate of drug-likeness (QED) is 0.616. The Morgan fingerprint density at radius 1 is 1.04 bits per heavy atom. The van der Waals surface area contributed by atoms with E-state index in [1.165, 1.54) is 16.6 Å². The number of halogens is 1. The summed E-state index contributed by atoms with van der Waals surface area (Å²) in [5.74, 6) is -0.886. The number of aryl methyl sites for hydroxylation is 1. The van der Waals surface area contributed by atoms with Crippen LogP contribution in [-0.4, -0.2) is 25.5 Å². The van der Waals surface area contributed by atoms with Gasteiger partial charge < -0.3 is 5.32 Å². The van der Waals surface area contributed by atoms with E-state index >= 15 is 0 Å². The number of aromatic nitrogens is 4. The van der Waals surface area contributed by atoms with Crippen molar-refractivity contribution in [2.24, 2.45) is 0 Å². The van der Waals surface area contributed by atoms with Crippen molar-refractivity contribution in [3.63, 3.8) is 0 Å². The molecule has 0 saturated heterocycles. The van der Waals surface area contributed by atoms with Gasteiger partial charge in [0.05, 0.1) is 11.4 Å². The van der Waals surface area contributed by atoms with Gasteiger partial charge >= 0.3 is 0 Å². The molecule has 4 rings (SSSR count). The van der Waals surface area contributed by atoms with E-state index in [-0.39, 0.29) is 11.5 Å². The zero-order valence-electron chi connectivity index (χ0n) is 13.8. The Kier molecular flexibility index (Phi) is 3.89. The van der Waals surface area contributed by atoms with Gasteiger partial charge in [0.2, 0.25) is 5.82 Å². The highest BCUT2D eigenvalue weighted by Crippen LogP contribution is 2.19. The average molecular weight is 347 g/mol. The number of nitrogens with one attached hydrogen (secondary N) is 1. The Morgan fingerprint density at radius 3 is 2.54 bits per heavy atom. The van der Waals surface area contributed by atoms with E-state index in [9.17, 15) is 9.18 Å². The van der Waals surface area contributed by atoms with Gasteiger partial charge in [0, 0.05) is 11.3 Å². The van der Waals surface area contributed by atoms with Crippen LogP contribution in [-0.2, 0) is 0 Å². The van der Waals surface area contributed by atoms with Gasteiger partial charge in [0.25, 0.3) is 11.7 Å². The van der Waals surface area contributed by atoms with Crippen molar-refractivity contribution in [3.05, 3.63) is 78.0 Å². The third kappa shape index (κ3) is 2.90. The van der Waals surface area contributed by atoms with Gasteiger partial charge in [-0.1, -0.05) is 42.5 Å². The molecule has 0 aliphatic carbocycles. The van der Waals surface area contributed by atoms with E-state index in [1.807, 2.05) is 43.3 Å². The summed E-state index contributed by atoms with van der Waals surface area (Å²) in [6.07, 6.45) is 0. The molecule has 0 saturated carbocycles. The molecule has 2 aromatic carbocycles. The molecule has 6 nitrogen and oxygen atoms in total. The minimum atomic E-state index is -0.596. The largest absolute Gasteiger partial charge is 0.317 e. The summed E-state index contributed by atoms with van der Waals surface area (Å²) in [6.45, 7) is 1.86. The third-order valence-corrected chi connectivity index (χ3v) is 3.88. The van der Waals surface area contributed by atoms with Gasteiger partial charge in [-0.25, -0.2) is 13.9 Å². The highest BCUT2D eigenvalue weighted by Gasteiger charge is 2.17. The predicted molar refractivity (Wildman–Crippen MR) is 95.3 cm³/mol. The molecule has 1 amide bonds. The van der Waals surface area contributed by atoms with Crippen molar-refractivity contribution in [3.8, 4) is 11.3 Å². The molecule has 0 aliphatic rings. The average Bonchev–Trinajstić information content (AvgIpc) is 3.09. The summed E-state index contributed by atoms with van der Waals surface area (Å²) < 4.78 is 15.2. The first-order valence-electron chi connectivity index (χ1n) is 7.97. The highest BCUT2D eigenvalue weighted by atomic mass is 19.1. The van der Waals surface area contributed by atoms with Gasteiger partial charge in [-0.2, -0.15) is 4.98 Å². The van der Waals surface area contributed by atoms with Crippen LogP contribution in [0.15, 0.2) is 60.7 Å². The van der Waals surface area contributed by atoms with Crippen LogP contribution in [0, 0.1) is 12.7 Å². The van der Waals surface area contributed by atoms with Crippen LogP contribution < -0.4 is 5.32 Å². The lowest BCUT2D eigenvalue weighted by atomic mass is 10.1. The van der Waals surface area contributed by atoms with Crippen LogP contribution >= 0.6 is 0 Å². The molecule has 0 atom stereocenters. The standard InChI is InChI=1S/C19H14FN5O/c1-12-11-16(13-7-3-2-4-8-13)22-19-23-17(24-25(12)19)18(26)21-15-10-6-5-9-14(15)20/h2-11H,1H3,(H,21,26). The maximum atomic E-state index is 13.7. The summed E-state index contributed by atoms with van der Waals surface area (Å²) in [6, 6.07) is 17.5. The summed E-state index contributed by atoms with van der Waals surface area (Å²) in [5, 5.41) is 6.65. The number of rotatable bonds is 3. The third-order valence-electron chi connectivity index (χ3n) is 3.88. The van der Waals surface area contributed by atoms with Crippen LogP contribution in [0.4, 0.5) is 10.1 Å². The molecule has 4 aromatic rings. The van der Waals surface area contributed by atoms with Crippen molar-refractivity contribution in [1.82, 2.24) is 19.6 Å². The normalized spacial score (nSPS) is 10.8. The fourth-order valence-corrected chi connectivity index (χ4v) is 2.61. The number of para-hydroxylation sites is 1. The van der Waals surface area contributed by atoms with E-state index < -0.39 is 11.7 Å². The Morgan fingerprint density at radius 2 is 1.77 bits per heavy atom. The Bertz CT molecular complexity index is 1110. The zero-order chi connectivity index (χ0) is 18.1. The SMILES string of the molecule is Cc1cc(-c2ccccc2)nc2nc(C(=O)Nc3ccccc3F)nn12. The molecule has 2 heterocycles. The number of fused-ring (bicyclic) bond motifs is 1. The topological polar surface area (TPSA) is 72.2 Å². The Hall–Kier alpha value is -3.61. The Balaban J connectivity index is 1.70. The molecule has 26 heavy (non-hydrogen) atoms. The first-order chi connectivity index (χ1) is 12.6. The second kappa shape index (κ2) is 6.36. The van der Waals surface area contributed by atoms with Crippen molar-refractivity contribution in [2.75, 3.05) is 5.32 Å². The molecular formula is C19H14FN5O. The van der Waals surface area contributed by atoms with E-state index in [0.717, 1.165) is 17.0 Å². The molecule has 0 fully saturated rings. The molecule has 128 valence electrons. The van der Waals surface area contributed by atoms with Gasteiger partial charge in [-0.05, 0) is 25.1 Å². The lowest BCUT2D eigenvalue weighted by Gasteiger charge is -2.03. The molecule has 0 unspecified atom stereocenters. The number of hydrogen-bond donors (Lipinski definition) is 1. The smallest absolute Gasteiger partial charge is 0.295 e. The number of nitrogens with zero attached hydrogens (tertiary/aromatic N) is 4. The van der Waals surface area contributed by atoms with Crippen molar-refractivity contribution in [2.45, 2.75) is 6.92 Å². The van der Waals surface area contributed by atoms with Gasteiger partial charge in [0.15, 0.2) is 0 Å². The molecule has 0 aliphatic heterocycles. The second-order valence-electron chi connectivity index (χ2n) is 5.73. The minimum Gasteiger partial charge on any atom is -0.317 e. The van der Waals surface area contributed by atoms with E-state index in [1.54, 1.807) is 12.1 Å². The maximum Gasteiger partial charge on any atom is 0.295 e.